The van der Waals surface area contributed by atoms with E-state index in [1.165, 1.54) is 11.1 Å². The van der Waals surface area contributed by atoms with Crippen molar-refractivity contribution in [1.82, 2.24) is 10.6 Å². The molecule has 4 heteroatoms. The first-order chi connectivity index (χ1) is 13.1. The highest BCUT2D eigenvalue weighted by Gasteiger charge is 2.45. The number of hydrogen-bond donors (Lipinski definition) is 2. The Labute approximate surface area is 160 Å². The molecule has 0 heterocycles. The highest BCUT2D eigenvalue weighted by Crippen LogP contribution is 2.48. The molecule has 2 saturated carbocycles. The Kier molecular flexibility index (Phi) is 4.97. The Morgan fingerprint density at radius 2 is 1.33 bits per heavy atom. The van der Waals surface area contributed by atoms with Crippen LogP contribution in [0.3, 0.4) is 0 Å². The van der Waals surface area contributed by atoms with Crippen molar-refractivity contribution in [3.63, 3.8) is 0 Å². The van der Waals surface area contributed by atoms with Crippen LogP contribution in [0.4, 0.5) is 0 Å². The van der Waals surface area contributed by atoms with Crippen LogP contribution in [0.5, 0.6) is 0 Å². The minimum absolute atomic E-state index is 0.0626. The lowest BCUT2D eigenvalue weighted by atomic mass is 10.1. The quantitative estimate of drug-likeness (QED) is 0.795. The zero-order chi connectivity index (χ0) is 18.8. The molecular formula is C23H26N2O2. The van der Waals surface area contributed by atoms with Crippen molar-refractivity contribution < 1.29 is 9.59 Å². The fraction of sp³-hybridized carbons (Fsp3) is 0.391. The van der Waals surface area contributed by atoms with E-state index in [2.05, 4.69) is 34.9 Å². The van der Waals surface area contributed by atoms with Crippen LogP contribution in [0, 0.1) is 11.8 Å². The van der Waals surface area contributed by atoms with Gasteiger partial charge >= 0.3 is 0 Å². The molecule has 0 aromatic heterocycles. The smallest absolute Gasteiger partial charge is 0.224 e. The molecular weight excluding hydrogens is 336 g/mol. The number of carbonyl (C=O) groups is 2. The van der Waals surface area contributed by atoms with Crippen molar-refractivity contribution in [3.05, 3.63) is 71.8 Å². The second-order valence-corrected chi connectivity index (χ2v) is 7.87. The van der Waals surface area contributed by atoms with Crippen molar-refractivity contribution in [2.45, 2.75) is 37.6 Å². The molecule has 2 N–H and O–H groups in total. The fourth-order valence-corrected chi connectivity index (χ4v) is 3.89. The third-order valence-corrected chi connectivity index (χ3v) is 5.68. The summed E-state index contributed by atoms with van der Waals surface area (Å²) < 4.78 is 0. The molecule has 4 rings (SSSR count). The molecule has 2 aromatic carbocycles. The van der Waals surface area contributed by atoms with Gasteiger partial charge in [0, 0.05) is 24.4 Å². The van der Waals surface area contributed by atoms with Gasteiger partial charge in [-0.2, -0.15) is 0 Å². The maximum absolute atomic E-state index is 12.4. The van der Waals surface area contributed by atoms with Crippen LogP contribution in [0.1, 0.15) is 42.7 Å². The normalized spacial score (nSPS) is 26.7. The monoisotopic (exact) mass is 362 g/mol. The standard InChI is InChI=1S/C23H26N2O2/c1-15(25-23(27)21-13-19(21)17-10-6-3-7-11-17)14-24-22(26)20-12-18(20)16-8-4-2-5-9-16/h2-11,15,18-21H,12-14H2,1H3,(H,24,26)(H,25,27)/t15-,18-,19-,20-,21-/m1/s1. The predicted octanol–water partition coefficient (Wildman–Crippen LogP) is 3.21. The average Bonchev–Trinajstić information content (AvgIpc) is 3.60. The van der Waals surface area contributed by atoms with E-state index in [1.807, 2.05) is 43.3 Å². The zero-order valence-corrected chi connectivity index (χ0v) is 15.6. The highest BCUT2D eigenvalue weighted by molar-refractivity contribution is 5.84. The van der Waals surface area contributed by atoms with E-state index in [9.17, 15) is 9.59 Å². The van der Waals surface area contributed by atoms with Gasteiger partial charge in [0.15, 0.2) is 0 Å². The van der Waals surface area contributed by atoms with Crippen LogP contribution in [-0.2, 0) is 9.59 Å². The third kappa shape index (κ3) is 4.21. The minimum Gasteiger partial charge on any atom is -0.354 e. The summed E-state index contributed by atoms with van der Waals surface area (Å²) in [5.41, 5.74) is 2.47. The molecule has 0 saturated heterocycles. The topological polar surface area (TPSA) is 58.2 Å². The number of carbonyl (C=O) groups excluding carboxylic acids is 2. The second-order valence-electron chi connectivity index (χ2n) is 7.87. The van der Waals surface area contributed by atoms with Crippen LogP contribution in [0.2, 0.25) is 0 Å². The number of amides is 2. The average molecular weight is 362 g/mol. The number of nitrogens with one attached hydrogen (secondary N) is 2. The van der Waals surface area contributed by atoms with Crippen LogP contribution in [0.15, 0.2) is 60.7 Å². The molecule has 0 radical (unpaired) electrons. The summed E-state index contributed by atoms with van der Waals surface area (Å²) in [5, 5.41) is 6.04. The summed E-state index contributed by atoms with van der Waals surface area (Å²) in [4.78, 5) is 24.7. The Morgan fingerprint density at radius 1 is 0.852 bits per heavy atom. The number of benzene rings is 2. The fourth-order valence-electron chi connectivity index (χ4n) is 3.89. The van der Waals surface area contributed by atoms with Gasteiger partial charge in [0.05, 0.1) is 0 Å². The molecule has 2 aliphatic carbocycles. The Balaban J connectivity index is 1.19. The molecule has 2 amide bonds. The van der Waals surface area contributed by atoms with E-state index in [4.69, 9.17) is 0 Å². The molecule has 0 unspecified atom stereocenters. The van der Waals surface area contributed by atoms with Crippen molar-refractivity contribution in [2.75, 3.05) is 6.54 Å². The van der Waals surface area contributed by atoms with Crippen LogP contribution in [-0.4, -0.2) is 24.4 Å². The number of hydrogen-bond acceptors (Lipinski definition) is 2. The van der Waals surface area contributed by atoms with Crippen LogP contribution >= 0.6 is 0 Å². The molecule has 2 fully saturated rings. The molecule has 5 atom stereocenters. The van der Waals surface area contributed by atoms with Gasteiger partial charge in [-0.05, 0) is 42.7 Å². The van der Waals surface area contributed by atoms with Gasteiger partial charge < -0.3 is 10.6 Å². The second kappa shape index (κ2) is 7.55. The van der Waals surface area contributed by atoms with Crippen molar-refractivity contribution in [3.8, 4) is 0 Å². The molecule has 0 aliphatic heterocycles. The lowest BCUT2D eigenvalue weighted by Crippen LogP contribution is -2.43. The molecule has 2 aliphatic rings. The molecule has 27 heavy (non-hydrogen) atoms. The van der Waals surface area contributed by atoms with Gasteiger partial charge in [0.2, 0.25) is 11.8 Å². The van der Waals surface area contributed by atoms with E-state index >= 15 is 0 Å². The first kappa shape index (κ1) is 17.8. The molecule has 140 valence electrons. The number of rotatable bonds is 7. The van der Waals surface area contributed by atoms with Crippen LogP contribution < -0.4 is 10.6 Å². The third-order valence-electron chi connectivity index (χ3n) is 5.68. The van der Waals surface area contributed by atoms with Gasteiger partial charge in [0.25, 0.3) is 0 Å². The van der Waals surface area contributed by atoms with Gasteiger partial charge in [-0.15, -0.1) is 0 Å². The van der Waals surface area contributed by atoms with Gasteiger partial charge in [-0.25, -0.2) is 0 Å². The van der Waals surface area contributed by atoms with Crippen LogP contribution in [0.25, 0.3) is 0 Å². The Bertz CT molecular complexity index is 806. The largest absolute Gasteiger partial charge is 0.354 e. The SMILES string of the molecule is C[C@H](CNC(=O)[C@@H]1C[C@@H]1c1ccccc1)NC(=O)[C@@H]1C[C@@H]1c1ccccc1. The molecule has 0 bridgehead atoms. The van der Waals surface area contributed by atoms with Crippen molar-refractivity contribution in [1.29, 1.82) is 0 Å². The van der Waals surface area contributed by atoms with Gasteiger partial charge in [-0.1, -0.05) is 60.7 Å². The molecule has 0 spiro atoms. The first-order valence-electron chi connectivity index (χ1n) is 9.81. The predicted molar refractivity (Wildman–Crippen MR) is 105 cm³/mol. The summed E-state index contributed by atoms with van der Waals surface area (Å²) in [7, 11) is 0. The minimum atomic E-state index is -0.0626. The summed E-state index contributed by atoms with van der Waals surface area (Å²) in [6.07, 6.45) is 1.83. The summed E-state index contributed by atoms with van der Waals surface area (Å²) in [6, 6.07) is 20.3. The zero-order valence-electron chi connectivity index (χ0n) is 15.6. The van der Waals surface area contributed by atoms with Crippen molar-refractivity contribution >= 4 is 11.8 Å². The Hall–Kier alpha value is -2.62. The highest BCUT2D eigenvalue weighted by atomic mass is 16.2. The lowest BCUT2D eigenvalue weighted by molar-refractivity contribution is -0.124. The molecule has 4 nitrogen and oxygen atoms in total. The van der Waals surface area contributed by atoms with E-state index < -0.39 is 0 Å². The van der Waals surface area contributed by atoms with E-state index in [0.717, 1.165) is 12.8 Å². The summed E-state index contributed by atoms with van der Waals surface area (Å²) in [5.74, 6) is 1.01. The Morgan fingerprint density at radius 3 is 1.85 bits per heavy atom. The maximum atomic E-state index is 12.4. The van der Waals surface area contributed by atoms with Gasteiger partial charge in [0.1, 0.15) is 0 Å². The van der Waals surface area contributed by atoms with E-state index in [-0.39, 0.29) is 29.7 Å². The first-order valence-corrected chi connectivity index (χ1v) is 9.81. The molecule has 2 aromatic rings. The maximum Gasteiger partial charge on any atom is 0.224 e. The van der Waals surface area contributed by atoms with Crippen molar-refractivity contribution in [2.24, 2.45) is 11.8 Å². The lowest BCUT2D eigenvalue weighted by Gasteiger charge is -2.15. The summed E-state index contributed by atoms with van der Waals surface area (Å²) in [6.45, 7) is 2.42. The van der Waals surface area contributed by atoms with E-state index in [0.29, 0.717) is 18.4 Å². The van der Waals surface area contributed by atoms with E-state index in [1.54, 1.807) is 0 Å². The van der Waals surface area contributed by atoms with Gasteiger partial charge in [-0.3, -0.25) is 9.59 Å². The summed E-state index contributed by atoms with van der Waals surface area (Å²) >= 11 is 0.